The number of benzene rings is 1. The molecule has 128 valence electrons. The molecule has 3 rings (SSSR count). The molecule has 0 aliphatic heterocycles. The molecule has 24 heavy (non-hydrogen) atoms. The molecule has 1 heterocycles. The zero-order valence-electron chi connectivity index (χ0n) is 14.6. The minimum absolute atomic E-state index is 0.00545. The lowest BCUT2D eigenvalue weighted by molar-refractivity contribution is 0.0945. The molecule has 2 N–H and O–H groups in total. The number of rotatable bonds is 8. The first-order valence-electron chi connectivity index (χ1n) is 8.96. The molecule has 1 aromatic carbocycles. The summed E-state index contributed by atoms with van der Waals surface area (Å²) in [6.07, 6.45) is 4.27. The predicted molar refractivity (Wildman–Crippen MR) is 97.0 cm³/mol. The fraction of sp³-hybridized carbons (Fsp3) is 0.450. The fourth-order valence-corrected chi connectivity index (χ4v) is 3.05. The zero-order chi connectivity index (χ0) is 16.9. The highest BCUT2D eigenvalue weighted by molar-refractivity contribution is 5.94. The van der Waals surface area contributed by atoms with Gasteiger partial charge in [0.1, 0.15) is 5.69 Å². The number of nitrogens with one attached hydrogen (secondary N) is 2. The van der Waals surface area contributed by atoms with Crippen LogP contribution in [0.5, 0.6) is 0 Å². The Hall–Kier alpha value is -2.07. The van der Waals surface area contributed by atoms with E-state index in [1.807, 2.05) is 12.3 Å². The molecule has 4 nitrogen and oxygen atoms in total. The van der Waals surface area contributed by atoms with Crippen LogP contribution in [0.1, 0.15) is 59.8 Å². The number of nitrogens with zero attached hydrogens (tertiary/aromatic N) is 1. The molecule has 0 radical (unpaired) electrons. The summed E-state index contributed by atoms with van der Waals surface area (Å²) in [5.74, 6) is 0.575. The van der Waals surface area contributed by atoms with Crippen molar-refractivity contribution >= 4 is 5.91 Å². The van der Waals surface area contributed by atoms with E-state index in [1.165, 1.54) is 24.0 Å². The first kappa shape index (κ1) is 16.8. The summed E-state index contributed by atoms with van der Waals surface area (Å²) < 4.78 is 0. The highest BCUT2D eigenvalue weighted by Crippen LogP contribution is 2.41. The number of carbonyl (C=O) groups is 1. The second kappa shape index (κ2) is 7.67. The van der Waals surface area contributed by atoms with E-state index in [0.29, 0.717) is 12.5 Å². The van der Waals surface area contributed by atoms with Crippen LogP contribution in [0.3, 0.4) is 0 Å². The Bertz CT molecular complexity index is 666. The summed E-state index contributed by atoms with van der Waals surface area (Å²) in [6.45, 7) is 8.04. The van der Waals surface area contributed by atoms with Gasteiger partial charge in [0.2, 0.25) is 0 Å². The normalized spacial score (nSPS) is 14.1. The lowest BCUT2D eigenvalue weighted by Gasteiger charge is -2.18. The standard InChI is InChI=1S/C20H27N3O/c1-3-23(4-2)14-16-7-5-15(6-8-16)13-22-20(24)19-18(11-12-21-19)17-9-10-17/h5-8,11-12,17,21H,3-4,9-10,13-14H2,1-2H3,(H,22,24). The van der Waals surface area contributed by atoms with Gasteiger partial charge in [0.25, 0.3) is 5.91 Å². The van der Waals surface area contributed by atoms with Gasteiger partial charge >= 0.3 is 0 Å². The third-order valence-corrected chi connectivity index (χ3v) is 4.80. The van der Waals surface area contributed by atoms with Crippen LogP contribution in [0.4, 0.5) is 0 Å². The van der Waals surface area contributed by atoms with Crippen LogP contribution in [0, 0.1) is 0 Å². The molecule has 4 heteroatoms. The molecule has 0 bridgehead atoms. The molecular weight excluding hydrogens is 298 g/mol. The molecule has 1 saturated carbocycles. The lowest BCUT2D eigenvalue weighted by atomic mass is 10.1. The molecule has 1 aliphatic rings. The second-order valence-electron chi connectivity index (χ2n) is 6.54. The van der Waals surface area contributed by atoms with Gasteiger partial charge in [-0.2, -0.15) is 0 Å². The molecule has 1 aliphatic carbocycles. The van der Waals surface area contributed by atoms with Gasteiger partial charge in [0.15, 0.2) is 0 Å². The lowest BCUT2D eigenvalue weighted by Crippen LogP contribution is -2.24. The Morgan fingerprint density at radius 1 is 1.12 bits per heavy atom. The smallest absolute Gasteiger partial charge is 0.268 e. The molecule has 0 saturated heterocycles. The van der Waals surface area contributed by atoms with Gasteiger partial charge in [0, 0.05) is 19.3 Å². The Kier molecular flexibility index (Phi) is 5.36. The van der Waals surface area contributed by atoms with E-state index in [9.17, 15) is 4.79 Å². The molecule has 1 aromatic heterocycles. The number of aromatic amines is 1. The minimum atomic E-state index is -0.00545. The number of amides is 1. The van der Waals surface area contributed by atoms with E-state index in [2.05, 4.69) is 53.3 Å². The Morgan fingerprint density at radius 3 is 2.42 bits per heavy atom. The van der Waals surface area contributed by atoms with E-state index in [4.69, 9.17) is 0 Å². The van der Waals surface area contributed by atoms with Crippen LogP contribution < -0.4 is 5.32 Å². The van der Waals surface area contributed by atoms with Crippen molar-refractivity contribution in [1.82, 2.24) is 15.2 Å². The highest BCUT2D eigenvalue weighted by atomic mass is 16.1. The van der Waals surface area contributed by atoms with Crippen LogP contribution in [0.2, 0.25) is 0 Å². The number of hydrogen-bond acceptors (Lipinski definition) is 2. The topological polar surface area (TPSA) is 48.1 Å². The maximum absolute atomic E-state index is 12.4. The first-order valence-corrected chi connectivity index (χ1v) is 8.96. The quantitative estimate of drug-likeness (QED) is 0.778. The summed E-state index contributed by atoms with van der Waals surface area (Å²) >= 11 is 0. The average Bonchev–Trinajstić information content (AvgIpc) is 3.35. The van der Waals surface area contributed by atoms with Gasteiger partial charge in [-0.1, -0.05) is 38.1 Å². The van der Waals surface area contributed by atoms with Gasteiger partial charge in [-0.3, -0.25) is 9.69 Å². The summed E-state index contributed by atoms with van der Waals surface area (Å²) in [6, 6.07) is 10.6. The summed E-state index contributed by atoms with van der Waals surface area (Å²) in [5.41, 5.74) is 4.35. The van der Waals surface area contributed by atoms with Gasteiger partial charge in [-0.25, -0.2) is 0 Å². The third kappa shape index (κ3) is 4.06. The van der Waals surface area contributed by atoms with Gasteiger partial charge in [0.05, 0.1) is 0 Å². The molecule has 0 atom stereocenters. The van der Waals surface area contributed by atoms with Crippen LogP contribution in [0.15, 0.2) is 36.5 Å². The second-order valence-corrected chi connectivity index (χ2v) is 6.54. The van der Waals surface area contributed by atoms with Crippen molar-refractivity contribution in [3.8, 4) is 0 Å². The average molecular weight is 325 g/mol. The summed E-state index contributed by atoms with van der Waals surface area (Å²) in [4.78, 5) is 17.9. The van der Waals surface area contributed by atoms with E-state index >= 15 is 0 Å². The van der Waals surface area contributed by atoms with Crippen molar-refractivity contribution in [3.05, 3.63) is 58.9 Å². The maximum atomic E-state index is 12.4. The van der Waals surface area contributed by atoms with E-state index in [-0.39, 0.29) is 5.91 Å². The van der Waals surface area contributed by atoms with Crippen molar-refractivity contribution in [2.24, 2.45) is 0 Å². The van der Waals surface area contributed by atoms with Gasteiger partial charge in [-0.15, -0.1) is 0 Å². The van der Waals surface area contributed by atoms with Crippen LogP contribution >= 0.6 is 0 Å². The predicted octanol–water partition coefficient (Wildman–Crippen LogP) is 3.66. The van der Waals surface area contributed by atoms with Gasteiger partial charge in [-0.05, 0) is 54.6 Å². The van der Waals surface area contributed by atoms with Crippen molar-refractivity contribution in [2.75, 3.05) is 13.1 Å². The van der Waals surface area contributed by atoms with Gasteiger partial charge < -0.3 is 10.3 Å². The van der Waals surface area contributed by atoms with E-state index < -0.39 is 0 Å². The number of carbonyl (C=O) groups excluding carboxylic acids is 1. The largest absolute Gasteiger partial charge is 0.357 e. The van der Waals surface area contributed by atoms with E-state index in [1.54, 1.807) is 0 Å². The fourth-order valence-electron chi connectivity index (χ4n) is 3.05. The number of H-pyrrole nitrogens is 1. The molecule has 0 spiro atoms. The number of hydrogen-bond donors (Lipinski definition) is 2. The summed E-state index contributed by atoms with van der Waals surface area (Å²) in [7, 11) is 0. The van der Waals surface area contributed by atoms with Crippen molar-refractivity contribution < 1.29 is 4.79 Å². The van der Waals surface area contributed by atoms with Crippen LogP contribution in [-0.2, 0) is 13.1 Å². The molecule has 2 aromatic rings. The molecule has 1 fully saturated rings. The Balaban J connectivity index is 1.54. The van der Waals surface area contributed by atoms with Crippen molar-refractivity contribution in [3.63, 3.8) is 0 Å². The van der Waals surface area contributed by atoms with Crippen LogP contribution in [-0.4, -0.2) is 28.9 Å². The third-order valence-electron chi connectivity index (χ3n) is 4.80. The molecular formula is C20H27N3O. The summed E-state index contributed by atoms with van der Waals surface area (Å²) in [5, 5.41) is 3.03. The monoisotopic (exact) mass is 325 g/mol. The first-order chi connectivity index (χ1) is 11.7. The number of aromatic nitrogens is 1. The highest BCUT2D eigenvalue weighted by Gasteiger charge is 2.28. The molecule has 0 unspecified atom stereocenters. The van der Waals surface area contributed by atoms with Crippen LogP contribution in [0.25, 0.3) is 0 Å². The zero-order valence-corrected chi connectivity index (χ0v) is 14.6. The molecule has 1 amide bonds. The maximum Gasteiger partial charge on any atom is 0.268 e. The Labute approximate surface area is 144 Å². The van der Waals surface area contributed by atoms with Crippen molar-refractivity contribution in [1.29, 1.82) is 0 Å². The Morgan fingerprint density at radius 2 is 1.79 bits per heavy atom. The minimum Gasteiger partial charge on any atom is -0.357 e. The SMILES string of the molecule is CCN(CC)Cc1ccc(CNC(=O)c2[nH]ccc2C2CC2)cc1. The van der Waals surface area contributed by atoms with E-state index in [0.717, 1.165) is 30.9 Å². The van der Waals surface area contributed by atoms with Crippen molar-refractivity contribution in [2.45, 2.75) is 45.7 Å².